The van der Waals surface area contributed by atoms with Gasteiger partial charge in [-0.15, -0.1) is 0 Å². The first kappa shape index (κ1) is 12.3. The molecule has 0 bridgehead atoms. The predicted molar refractivity (Wildman–Crippen MR) is 62.8 cm³/mol. The molecule has 3 heteroatoms. The summed E-state index contributed by atoms with van der Waals surface area (Å²) in [6, 6.07) is 9.76. The van der Waals surface area contributed by atoms with Crippen molar-refractivity contribution < 1.29 is 14.9 Å². The first-order valence-corrected chi connectivity index (χ1v) is 5.15. The molecule has 0 amide bonds. The van der Waals surface area contributed by atoms with Gasteiger partial charge in [0.15, 0.2) is 0 Å². The average molecular weight is 220 g/mol. The van der Waals surface area contributed by atoms with Gasteiger partial charge in [0.2, 0.25) is 0 Å². The average Bonchev–Trinajstić information content (AvgIpc) is 2.34. The molecule has 1 rings (SSSR count). The van der Waals surface area contributed by atoms with Crippen molar-refractivity contribution in [2.24, 2.45) is 0 Å². The van der Waals surface area contributed by atoms with Crippen molar-refractivity contribution >= 4 is 0 Å². The summed E-state index contributed by atoms with van der Waals surface area (Å²) in [7, 11) is 0. The number of allylic oxidation sites excluding steroid dienone is 1. The summed E-state index contributed by atoms with van der Waals surface area (Å²) >= 11 is 0. The fourth-order valence-electron chi connectivity index (χ4n) is 1.20. The lowest BCUT2D eigenvalue weighted by atomic mass is 10.2. The fourth-order valence-corrected chi connectivity index (χ4v) is 1.20. The van der Waals surface area contributed by atoms with Crippen molar-refractivity contribution in [2.45, 2.75) is 13.0 Å². The van der Waals surface area contributed by atoms with Crippen LogP contribution < -0.4 is 0 Å². The molecule has 0 aromatic heterocycles. The maximum atomic E-state index is 8.68. The molecule has 16 heavy (non-hydrogen) atoms. The zero-order valence-electron chi connectivity index (χ0n) is 9.04. The van der Waals surface area contributed by atoms with E-state index in [1.54, 1.807) is 6.08 Å². The van der Waals surface area contributed by atoms with Gasteiger partial charge in [-0.25, -0.2) is 0 Å². The lowest BCUT2D eigenvalue weighted by molar-refractivity contribution is 0.207. The van der Waals surface area contributed by atoms with E-state index < -0.39 is 0 Å². The Bertz CT molecular complexity index is 341. The minimum atomic E-state index is 0.0669. The minimum Gasteiger partial charge on any atom is -0.515 e. The number of aliphatic hydroxyl groups excluding tert-OH is 2. The second-order valence-electron chi connectivity index (χ2n) is 3.21. The standard InChI is InChI=1S/C13H16O3/c14-9-4-7-13(8-10-15)16-11-12-5-2-1-3-6-12/h1-3,5-8,10,14-15H,4,9,11H2/b10-8+,13-7+. The molecule has 2 N–H and O–H groups in total. The Hall–Kier alpha value is -1.74. The summed E-state index contributed by atoms with van der Waals surface area (Å²) in [5.41, 5.74) is 1.06. The van der Waals surface area contributed by atoms with Gasteiger partial charge in [0.1, 0.15) is 12.4 Å². The van der Waals surface area contributed by atoms with Gasteiger partial charge in [0.05, 0.1) is 6.26 Å². The van der Waals surface area contributed by atoms with Crippen LogP contribution in [0.3, 0.4) is 0 Å². The molecule has 86 valence electrons. The zero-order valence-corrected chi connectivity index (χ0v) is 9.04. The van der Waals surface area contributed by atoms with Gasteiger partial charge < -0.3 is 14.9 Å². The largest absolute Gasteiger partial charge is 0.515 e. The molecule has 1 aromatic rings. The van der Waals surface area contributed by atoms with Gasteiger partial charge in [0.25, 0.3) is 0 Å². The summed E-state index contributed by atoms with van der Waals surface area (Å²) in [6.45, 7) is 0.514. The Morgan fingerprint density at radius 1 is 1.25 bits per heavy atom. The van der Waals surface area contributed by atoms with E-state index in [-0.39, 0.29) is 6.61 Å². The maximum Gasteiger partial charge on any atom is 0.118 e. The monoisotopic (exact) mass is 220 g/mol. The normalized spacial score (nSPS) is 11.9. The Morgan fingerprint density at radius 3 is 2.62 bits per heavy atom. The van der Waals surface area contributed by atoms with Crippen LogP contribution >= 0.6 is 0 Å². The van der Waals surface area contributed by atoms with E-state index in [0.29, 0.717) is 18.8 Å². The van der Waals surface area contributed by atoms with E-state index in [4.69, 9.17) is 14.9 Å². The summed E-state index contributed by atoms with van der Waals surface area (Å²) < 4.78 is 5.47. The molecule has 0 saturated heterocycles. The highest BCUT2D eigenvalue weighted by atomic mass is 16.5. The number of ether oxygens (including phenoxy) is 1. The van der Waals surface area contributed by atoms with Crippen LogP contribution in [0.1, 0.15) is 12.0 Å². The number of hydrogen-bond donors (Lipinski definition) is 2. The van der Waals surface area contributed by atoms with Gasteiger partial charge in [-0.2, -0.15) is 0 Å². The number of hydrogen-bond acceptors (Lipinski definition) is 3. The minimum absolute atomic E-state index is 0.0669. The zero-order chi connectivity index (χ0) is 11.6. The third kappa shape index (κ3) is 4.66. The molecule has 0 heterocycles. The maximum absolute atomic E-state index is 8.68. The summed E-state index contributed by atoms with van der Waals surface area (Å²) in [5, 5.41) is 17.4. The van der Waals surface area contributed by atoms with Crippen LogP contribution in [0.15, 0.2) is 54.5 Å². The highest BCUT2D eigenvalue weighted by Crippen LogP contribution is 2.07. The molecule has 0 radical (unpaired) electrons. The number of rotatable bonds is 6. The molecule has 0 unspecified atom stereocenters. The Morgan fingerprint density at radius 2 is 2.00 bits per heavy atom. The van der Waals surface area contributed by atoms with E-state index >= 15 is 0 Å². The summed E-state index contributed by atoms with van der Waals surface area (Å²) in [6.07, 6.45) is 4.62. The van der Waals surface area contributed by atoms with Crippen LogP contribution in [-0.2, 0) is 11.3 Å². The molecule has 0 aliphatic carbocycles. The molecule has 0 saturated carbocycles. The second kappa shape index (κ2) is 7.54. The van der Waals surface area contributed by atoms with Crippen LogP contribution in [-0.4, -0.2) is 16.8 Å². The molecule has 1 aromatic carbocycles. The highest BCUT2D eigenvalue weighted by Gasteiger charge is 1.95. The van der Waals surface area contributed by atoms with Crippen molar-refractivity contribution in [2.75, 3.05) is 6.61 Å². The van der Waals surface area contributed by atoms with Crippen molar-refractivity contribution in [1.29, 1.82) is 0 Å². The Labute approximate surface area is 95.3 Å². The van der Waals surface area contributed by atoms with Crippen LogP contribution in [0, 0.1) is 0 Å². The third-order valence-corrected chi connectivity index (χ3v) is 1.96. The van der Waals surface area contributed by atoms with E-state index in [9.17, 15) is 0 Å². The van der Waals surface area contributed by atoms with Crippen LogP contribution in [0.5, 0.6) is 0 Å². The highest BCUT2D eigenvalue weighted by molar-refractivity contribution is 5.15. The van der Waals surface area contributed by atoms with E-state index in [2.05, 4.69) is 0 Å². The molecular weight excluding hydrogens is 204 g/mol. The first-order valence-electron chi connectivity index (χ1n) is 5.15. The van der Waals surface area contributed by atoms with Crippen molar-refractivity contribution in [1.82, 2.24) is 0 Å². The second-order valence-corrected chi connectivity index (χ2v) is 3.21. The van der Waals surface area contributed by atoms with Gasteiger partial charge in [-0.3, -0.25) is 0 Å². The van der Waals surface area contributed by atoms with Crippen molar-refractivity contribution in [3.8, 4) is 0 Å². The molecule has 0 atom stereocenters. The van der Waals surface area contributed by atoms with Gasteiger partial charge >= 0.3 is 0 Å². The predicted octanol–water partition coefficient (Wildman–Crippen LogP) is 2.54. The van der Waals surface area contributed by atoms with Gasteiger partial charge in [-0.05, 0) is 18.1 Å². The molecule has 0 aliphatic heterocycles. The molecule has 3 nitrogen and oxygen atoms in total. The molecule has 0 fully saturated rings. The summed E-state index contributed by atoms with van der Waals surface area (Å²) in [5.74, 6) is 0.556. The Balaban J connectivity index is 2.50. The van der Waals surface area contributed by atoms with E-state index in [0.717, 1.165) is 11.8 Å². The lowest BCUT2D eigenvalue weighted by Crippen LogP contribution is -1.92. The van der Waals surface area contributed by atoms with Crippen LogP contribution in [0.4, 0.5) is 0 Å². The number of benzene rings is 1. The molecule has 0 spiro atoms. The topological polar surface area (TPSA) is 49.7 Å². The lowest BCUT2D eigenvalue weighted by Gasteiger charge is -2.06. The molecule has 0 aliphatic rings. The van der Waals surface area contributed by atoms with Crippen LogP contribution in [0.25, 0.3) is 0 Å². The van der Waals surface area contributed by atoms with Crippen molar-refractivity contribution in [3.05, 3.63) is 60.1 Å². The fraction of sp³-hybridized carbons (Fsp3) is 0.231. The number of aliphatic hydroxyl groups is 2. The van der Waals surface area contributed by atoms with Crippen molar-refractivity contribution in [3.63, 3.8) is 0 Å². The van der Waals surface area contributed by atoms with E-state index in [1.807, 2.05) is 30.3 Å². The van der Waals surface area contributed by atoms with E-state index in [1.165, 1.54) is 6.08 Å². The Kier molecular flexibility index (Phi) is 5.81. The quantitative estimate of drug-likeness (QED) is 0.572. The SMILES string of the molecule is O/C=C/C(=C\CCO)OCc1ccccc1. The molecular formula is C13H16O3. The smallest absolute Gasteiger partial charge is 0.118 e. The van der Waals surface area contributed by atoms with Crippen LogP contribution in [0.2, 0.25) is 0 Å². The van der Waals surface area contributed by atoms with Gasteiger partial charge in [-0.1, -0.05) is 30.3 Å². The summed E-state index contributed by atoms with van der Waals surface area (Å²) in [4.78, 5) is 0. The van der Waals surface area contributed by atoms with Gasteiger partial charge in [0, 0.05) is 12.7 Å². The first-order chi connectivity index (χ1) is 7.86. The third-order valence-electron chi connectivity index (χ3n) is 1.96.